The summed E-state index contributed by atoms with van der Waals surface area (Å²) >= 11 is 4.70. The molecule has 0 radical (unpaired) electrons. The topological polar surface area (TPSA) is 53.2 Å². The minimum Gasteiger partial charge on any atom is -0.211 e. The number of nitriles is 1. The largest absolute Gasteiger partial charge is 0.236 e. The first-order valence-corrected chi connectivity index (χ1v) is 4.65. The number of isocyanates is 1. The average molecular weight is 243 g/mol. The molecule has 0 aliphatic heterocycles. The Kier molecular flexibility index (Phi) is 3.18. The second-order valence-electron chi connectivity index (χ2n) is 1.94. The fourth-order valence-corrected chi connectivity index (χ4v) is 1.89. The van der Waals surface area contributed by atoms with Gasteiger partial charge >= 0.3 is 0 Å². The summed E-state index contributed by atoms with van der Waals surface area (Å²) in [6, 6.07) is 2.93. The summed E-state index contributed by atoms with van der Waals surface area (Å²) in [5, 5.41) is 10.4. The van der Waals surface area contributed by atoms with Gasteiger partial charge in [-0.25, -0.2) is 4.79 Å². The lowest BCUT2D eigenvalue weighted by molar-refractivity contribution is 0.561. The Bertz CT molecular complexity index is 362. The first-order valence-electron chi connectivity index (χ1n) is 2.98. The van der Waals surface area contributed by atoms with Crippen molar-refractivity contribution in [1.82, 2.24) is 0 Å². The van der Waals surface area contributed by atoms with Crippen LogP contribution in [0.2, 0.25) is 0 Å². The predicted molar refractivity (Wildman–Crippen MR) is 48.5 cm³/mol. The zero-order chi connectivity index (χ0) is 8.97. The number of aliphatic imine (C=N–C) groups is 1. The normalized spacial score (nSPS) is 11.3. The monoisotopic (exact) mass is 242 g/mol. The Labute approximate surface area is 81.5 Å². The summed E-state index contributed by atoms with van der Waals surface area (Å²) in [6.07, 6.45) is 1.37. The number of hydrogen-bond acceptors (Lipinski definition) is 4. The molecule has 0 bridgehead atoms. The molecule has 0 aromatic carbocycles. The molecule has 0 spiro atoms. The highest BCUT2D eigenvalue weighted by Crippen LogP contribution is 2.26. The van der Waals surface area contributed by atoms with E-state index in [0.717, 1.165) is 9.35 Å². The van der Waals surface area contributed by atoms with E-state index in [-0.39, 0.29) is 0 Å². The molecule has 60 valence electrons. The van der Waals surface area contributed by atoms with E-state index >= 15 is 0 Å². The van der Waals surface area contributed by atoms with Crippen molar-refractivity contribution in [2.45, 2.75) is 6.04 Å². The number of halogens is 1. The molecular weight excluding hydrogens is 240 g/mol. The van der Waals surface area contributed by atoms with Crippen LogP contribution in [0.3, 0.4) is 0 Å². The van der Waals surface area contributed by atoms with Crippen molar-refractivity contribution in [2.24, 2.45) is 4.99 Å². The molecule has 0 aliphatic rings. The summed E-state index contributed by atoms with van der Waals surface area (Å²) in [5.41, 5.74) is 0.720. The molecule has 0 amide bonds. The highest BCUT2D eigenvalue weighted by atomic mass is 79.9. The van der Waals surface area contributed by atoms with Crippen LogP contribution in [0.25, 0.3) is 0 Å². The summed E-state index contributed by atoms with van der Waals surface area (Å²) in [7, 11) is 0. The highest BCUT2D eigenvalue weighted by Gasteiger charge is 2.09. The lowest BCUT2D eigenvalue weighted by atomic mass is 10.2. The van der Waals surface area contributed by atoms with Gasteiger partial charge in [-0.1, -0.05) is 0 Å². The maximum Gasteiger partial charge on any atom is 0.236 e. The quantitative estimate of drug-likeness (QED) is 0.591. The fraction of sp³-hybridized carbons (Fsp3) is 0.143. The number of carbonyl (C=O) groups excluding carboxylic acids is 1. The SMILES string of the molecule is N#CC(N=C=O)c1csc(Br)c1. The van der Waals surface area contributed by atoms with E-state index in [2.05, 4.69) is 20.9 Å². The van der Waals surface area contributed by atoms with Crippen LogP contribution in [0.15, 0.2) is 20.2 Å². The Morgan fingerprint density at radius 1 is 1.75 bits per heavy atom. The minimum atomic E-state index is -0.718. The van der Waals surface area contributed by atoms with Gasteiger partial charge in [0, 0.05) is 5.56 Å². The Morgan fingerprint density at radius 2 is 2.50 bits per heavy atom. The Morgan fingerprint density at radius 3 is 2.92 bits per heavy atom. The molecule has 12 heavy (non-hydrogen) atoms. The first kappa shape index (κ1) is 9.14. The highest BCUT2D eigenvalue weighted by molar-refractivity contribution is 9.11. The van der Waals surface area contributed by atoms with Crippen LogP contribution in [0, 0.1) is 11.3 Å². The van der Waals surface area contributed by atoms with Gasteiger partial charge in [0.2, 0.25) is 6.08 Å². The van der Waals surface area contributed by atoms with E-state index in [1.54, 1.807) is 11.4 Å². The van der Waals surface area contributed by atoms with E-state index in [0.29, 0.717) is 0 Å². The smallest absolute Gasteiger partial charge is 0.211 e. The van der Waals surface area contributed by atoms with Crippen LogP contribution < -0.4 is 0 Å². The minimum absolute atomic E-state index is 0.718. The van der Waals surface area contributed by atoms with E-state index in [1.807, 2.05) is 6.07 Å². The number of hydrogen-bond donors (Lipinski definition) is 0. The molecule has 1 aromatic rings. The Hall–Kier alpha value is -0.950. The van der Waals surface area contributed by atoms with Crippen LogP contribution in [-0.4, -0.2) is 6.08 Å². The maximum absolute atomic E-state index is 9.90. The summed E-state index contributed by atoms with van der Waals surface area (Å²) < 4.78 is 0.916. The van der Waals surface area contributed by atoms with E-state index in [9.17, 15) is 4.79 Å². The second kappa shape index (κ2) is 4.17. The van der Waals surface area contributed by atoms with Crippen molar-refractivity contribution < 1.29 is 4.79 Å². The van der Waals surface area contributed by atoms with Gasteiger partial charge in [-0.15, -0.1) is 11.3 Å². The van der Waals surface area contributed by atoms with Crippen molar-refractivity contribution in [3.63, 3.8) is 0 Å². The van der Waals surface area contributed by atoms with E-state index in [4.69, 9.17) is 5.26 Å². The van der Waals surface area contributed by atoms with E-state index < -0.39 is 6.04 Å². The van der Waals surface area contributed by atoms with Crippen molar-refractivity contribution >= 4 is 33.3 Å². The molecule has 1 heterocycles. The molecular formula is C7H3BrN2OS. The van der Waals surface area contributed by atoms with Crippen molar-refractivity contribution in [3.05, 3.63) is 20.8 Å². The predicted octanol–water partition coefficient (Wildman–Crippen LogP) is 2.41. The van der Waals surface area contributed by atoms with Gasteiger partial charge in [0.1, 0.15) is 0 Å². The summed E-state index contributed by atoms with van der Waals surface area (Å²) in [6.45, 7) is 0. The number of thiophene rings is 1. The Balaban J connectivity index is 2.96. The van der Waals surface area contributed by atoms with Gasteiger partial charge < -0.3 is 0 Å². The van der Waals surface area contributed by atoms with Gasteiger partial charge in [0.05, 0.1) is 9.86 Å². The fourth-order valence-electron chi connectivity index (χ4n) is 0.697. The molecule has 1 unspecified atom stereocenters. The standard InChI is InChI=1S/C7H3BrN2OS/c8-7-1-5(3-12-7)6(2-9)10-4-11/h1,3,6H. The molecule has 0 saturated heterocycles. The second-order valence-corrected chi connectivity index (χ2v) is 4.23. The van der Waals surface area contributed by atoms with Crippen LogP contribution in [0.1, 0.15) is 11.6 Å². The maximum atomic E-state index is 9.90. The molecule has 0 aliphatic carbocycles. The molecule has 3 nitrogen and oxygen atoms in total. The average Bonchev–Trinajstić information content (AvgIpc) is 2.47. The zero-order valence-corrected chi connectivity index (χ0v) is 8.22. The third-order valence-corrected chi connectivity index (χ3v) is 2.73. The molecule has 5 heteroatoms. The molecule has 0 fully saturated rings. The van der Waals surface area contributed by atoms with Gasteiger partial charge in [-0.3, -0.25) is 0 Å². The molecule has 1 atom stereocenters. The number of nitrogens with zero attached hydrogens (tertiary/aromatic N) is 2. The van der Waals surface area contributed by atoms with Gasteiger partial charge in [0.15, 0.2) is 6.04 Å². The van der Waals surface area contributed by atoms with Crippen LogP contribution in [0.5, 0.6) is 0 Å². The van der Waals surface area contributed by atoms with Crippen LogP contribution in [-0.2, 0) is 4.79 Å². The van der Waals surface area contributed by atoms with Gasteiger partial charge in [0.25, 0.3) is 0 Å². The van der Waals surface area contributed by atoms with Crippen molar-refractivity contribution in [3.8, 4) is 6.07 Å². The molecule has 1 aromatic heterocycles. The first-order chi connectivity index (χ1) is 5.77. The number of rotatable bonds is 2. The van der Waals surface area contributed by atoms with Gasteiger partial charge in [-0.05, 0) is 27.4 Å². The summed E-state index contributed by atoms with van der Waals surface area (Å²) in [5.74, 6) is 0. The van der Waals surface area contributed by atoms with Crippen LogP contribution in [0.4, 0.5) is 0 Å². The van der Waals surface area contributed by atoms with Gasteiger partial charge in [-0.2, -0.15) is 10.3 Å². The third kappa shape index (κ3) is 2.02. The van der Waals surface area contributed by atoms with Crippen molar-refractivity contribution in [1.29, 1.82) is 5.26 Å². The lowest BCUT2D eigenvalue weighted by Crippen LogP contribution is -1.87. The molecule has 1 rings (SSSR count). The van der Waals surface area contributed by atoms with E-state index in [1.165, 1.54) is 17.4 Å². The third-order valence-electron chi connectivity index (χ3n) is 1.21. The lowest BCUT2D eigenvalue weighted by Gasteiger charge is -1.93. The van der Waals surface area contributed by atoms with Crippen LogP contribution >= 0.6 is 27.3 Å². The molecule has 0 saturated carbocycles. The zero-order valence-electron chi connectivity index (χ0n) is 5.82. The molecule has 0 N–H and O–H groups in total. The summed E-state index contributed by atoms with van der Waals surface area (Å²) in [4.78, 5) is 13.2. The van der Waals surface area contributed by atoms with Crippen molar-refractivity contribution in [2.75, 3.05) is 0 Å².